The Morgan fingerprint density at radius 3 is 2.40 bits per heavy atom. The number of unbranched alkanes of at least 4 members (excludes halogenated alkanes) is 2. The Bertz CT molecular complexity index is 131. The molecule has 3 heteroatoms. The molecule has 0 bridgehead atoms. The van der Waals surface area contributed by atoms with Crippen molar-refractivity contribution in [3.8, 4) is 0 Å². The van der Waals surface area contributed by atoms with E-state index in [9.17, 15) is 0 Å². The van der Waals surface area contributed by atoms with E-state index in [0.717, 1.165) is 24.8 Å². The van der Waals surface area contributed by atoms with Crippen LogP contribution in [0.2, 0.25) is 0 Å². The lowest BCUT2D eigenvalue weighted by Gasteiger charge is -2.23. The Kier molecular flexibility index (Phi) is 11.0. The van der Waals surface area contributed by atoms with Gasteiger partial charge in [-0.25, -0.2) is 0 Å². The molecule has 15 heavy (non-hydrogen) atoms. The summed E-state index contributed by atoms with van der Waals surface area (Å²) in [6.07, 6.45) is 3.82. The topological polar surface area (TPSA) is 12.5 Å². The van der Waals surface area contributed by atoms with Crippen molar-refractivity contribution in [1.29, 1.82) is 0 Å². The van der Waals surface area contributed by atoms with Gasteiger partial charge in [0.2, 0.25) is 0 Å². The largest absolute Gasteiger partial charge is 0.383 e. The maximum absolute atomic E-state index is 5.13. The van der Waals surface area contributed by atoms with Crippen molar-refractivity contribution in [3.63, 3.8) is 0 Å². The van der Waals surface area contributed by atoms with Gasteiger partial charge in [-0.15, -0.1) is 0 Å². The molecule has 0 saturated heterocycles. The molecule has 0 aliphatic rings. The summed E-state index contributed by atoms with van der Waals surface area (Å²) in [6, 6.07) is 0. The Morgan fingerprint density at radius 2 is 1.87 bits per heavy atom. The molecule has 0 N–H and O–H groups in total. The molecule has 0 aliphatic carbocycles. The first-order chi connectivity index (χ1) is 7.20. The second-order valence-electron chi connectivity index (χ2n) is 4.47. The van der Waals surface area contributed by atoms with Crippen LogP contribution in [0.25, 0.3) is 0 Å². The van der Waals surface area contributed by atoms with Crippen LogP contribution in [0.5, 0.6) is 0 Å². The molecule has 0 aromatic heterocycles. The molecule has 0 rings (SSSR count). The molecule has 0 saturated carbocycles. The van der Waals surface area contributed by atoms with Crippen LogP contribution in [-0.4, -0.2) is 44.0 Å². The van der Waals surface area contributed by atoms with Crippen LogP contribution in [0.15, 0.2) is 0 Å². The van der Waals surface area contributed by atoms with Crippen molar-refractivity contribution < 1.29 is 4.74 Å². The van der Waals surface area contributed by atoms with Gasteiger partial charge in [0, 0.05) is 20.2 Å². The molecule has 0 aliphatic heterocycles. The molecule has 0 heterocycles. The van der Waals surface area contributed by atoms with Crippen molar-refractivity contribution in [1.82, 2.24) is 4.90 Å². The average Bonchev–Trinajstić information content (AvgIpc) is 2.19. The van der Waals surface area contributed by atoms with Crippen LogP contribution >= 0.6 is 12.6 Å². The highest BCUT2D eigenvalue weighted by atomic mass is 32.1. The minimum absolute atomic E-state index is 0.742. The zero-order chi connectivity index (χ0) is 11.5. The zero-order valence-corrected chi connectivity index (χ0v) is 11.4. The van der Waals surface area contributed by atoms with E-state index in [1.165, 1.54) is 32.4 Å². The van der Waals surface area contributed by atoms with E-state index in [2.05, 4.69) is 31.4 Å². The lowest BCUT2D eigenvalue weighted by molar-refractivity contribution is 0.139. The third kappa shape index (κ3) is 10.6. The standard InChI is InChI=1S/C12H27NOS/c1-12(2)11-13(8-9-14-3)7-5-4-6-10-15/h12,15H,4-11H2,1-3H3. The lowest BCUT2D eigenvalue weighted by atomic mass is 10.2. The minimum Gasteiger partial charge on any atom is -0.383 e. The van der Waals surface area contributed by atoms with Gasteiger partial charge < -0.3 is 9.64 Å². The normalized spacial score (nSPS) is 11.6. The van der Waals surface area contributed by atoms with E-state index >= 15 is 0 Å². The molecule has 0 spiro atoms. The summed E-state index contributed by atoms with van der Waals surface area (Å²) in [7, 11) is 1.77. The maximum Gasteiger partial charge on any atom is 0.0589 e. The van der Waals surface area contributed by atoms with Crippen LogP contribution in [0.1, 0.15) is 33.1 Å². The van der Waals surface area contributed by atoms with Gasteiger partial charge in [0.1, 0.15) is 0 Å². The average molecular weight is 233 g/mol. The molecular formula is C12H27NOS. The predicted octanol–water partition coefficient (Wildman–Crippen LogP) is 2.69. The Hall–Kier alpha value is 0.270. The summed E-state index contributed by atoms with van der Waals surface area (Å²) in [6.45, 7) is 8.84. The van der Waals surface area contributed by atoms with Crippen LogP contribution in [0.4, 0.5) is 0 Å². The number of thiol groups is 1. The van der Waals surface area contributed by atoms with Crippen molar-refractivity contribution in [2.24, 2.45) is 5.92 Å². The summed E-state index contributed by atoms with van der Waals surface area (Å²) in [5.74, 6) is 1.76. The molecule has 0 radical (unpaired) electrons. The highest BCUT2D eigenvalue weighted by Gasteiger charge is 2.06. The van der Waals surface area contributed by atoms with Gasteiger partial charge in [-0.1, -0.05) is 20.3 Å². The fraction of sp³-hybridized carbons (Fsp3) is 1.00. The van der Waals surface area contributed by atoms with E-state index in [-0.39, 0.29) is 0 Å². The van der Waals surface area contributed by atoms with E-state index in [1.54, 1.807) is 7.11 Å². The highest BCUT2D eigenvalue weighted by molar-refractivity contribution is 7.80. The third-order valence-electron chi connectivity index (χ3n) is 2.37. The fourth-order valence-electron chi connectivity index (χ4n) is 1.66. The van der Waals surface area contributed by atoms with Gasteiger partial charge in [-0.2, -0.15) is 12.6 Å². The molecule has 0 aromatic rings. The van der Waals surface area contributed by atoms with Crippen LogP contribution in [0, 0.1) is 5.92 Å². The van der Waals surface area contributed by atoms with Crippen molar-refractivity contribution in [2.45, 2.75) is 33.1 Å². The Labute approximate surface area is 101 Å². The number of hydrogen-bond acceptors (Lipinski definition) is 3. The van der Waals surface area contributed by atoms with E-state index < -0.39 is 0 Å². The first-order valence-corrected chi connectivity index (χ1v) is 6.66. The molecular weight excluding hydrogens is 206 g/mol. The summed E-state index contributed by atoms with van der Waals surface area (Å²) in [5.41, 5.74) is 0. The van der Waals surface area contributed by atoms with E-state index in [4.69, 9.17) is 4.74 Å². The Morgan fingerprint density at radius 1 is 1.13 bits per heavy atom. The maximum atomic E-state index is 5.13. The molecule has 0 aromatic carbocycles. The lowest BCUT2D eigenvalue weighted by Crippen LogP contribution is -2.32. The van der Waals surface area contributed by atoms with Gasteiger partial charge in [-0.3, -0.25) is 0 Å². The fourth-order valence-corrected chi connectivity index (χ4v) is 1.88. The summed E-state index contributed by atoms with van der Waals surface area (Å²) in [5, 5.41) is 0. The monoisotopic (exact) mass is 233 g/mol. The van der Waals surface area contributed by atoms with Crippen LogP contribution in [-0.2, 0) is 4.74 Å². The molecule has 0 amide bonds. The summed E-state index contributed by atoms with van der Waals surface area (Å²) >= 11 is 4.22. The third-order valence-corrected chi connectivity index (χ3v) is 2.68. The van der Waals surface area contributed by atoms with Crippen molar-refractivity contribution in [2.75, 3.05) is 39.1 Å². The molecule has 2 nitrogen and oxygen atoms in total. The van der Waals surface area contributed by atoms with Crippen LogP contribution < -0.4 is 0 Å². The summed E-state index contributed by atoms with van der Waals surface area (Å²) < 4.78 is 5.13. The number of hydrogen-bond donors (Lipinski definition) is 1. The van der Waals surface area contributed by atoms with Crippen LogP contribution in [0.3, 0.4) is 0 Å². The molecule has 0 atom stereocenters. The minimum atomic E-state index is 0.742. The number of nitrogens with zero attached hydrogens (tertiary/aromatic N) is 1. The number of methoxy groups -OCH3 is 1. The van der Waals surface area contributed by atoms with Gasteiger partial charge in [0.05, 0.1) is 6.61 Å². The van der Waals surface area contributed by atoms with Gasteiger partial charge in [0.15, 0.2) is 0 Å². The first kappa shape index (κ1) is 15.3. The van der Waals surface area contributed by atoms with Gasteiger partial charge in [-0.05, 0) is 31.1 Å². The number of rotatable bonds is 10. The van der Waals surface area contributed by atoms with Gasteiger partial charge >= 0.3 is 0 Å². The second kappa shape index (κ2) is 10.8. The first-order valence-electron chi connectivity index (χ1n) is 6.02. The summed E-state index contributed by atoms with van der Waals surface area (Å²) in [4.78, 5) is 2.51. The zero-order valence-electron chi connectivity index (χ0n) is 10.5. The van der Waals surface area contributed by atoms with Gasteiger partial charge in [0.25, 0.3) is 0 Å². The molecule has 0 fully saturated rings. The smallest absolute Gasteiger partial charge is 0.0589 e. The quantitative estimate of drug-likeness (QED) is 0.460. The van der Waals surface area contributed by atoms with Crippen molar-refractivity contribution in [3.05, 3.63) is 0 Å². The molecule has 0 unspecified atom stereocenters. The highest BCUT2D eigenvalue weighted by Crippen LogP contribution is 2.03. The Balaban J connectivity index is 3.59. The van der Waals surface area contributed by atoms with Crippen molar-refractivity contribution >= 4 is 12.6 Å². The number of ether oxygens (including phenoxy) is 1. The van der Waals surface area contributed by atoms with E-state index in [1.807, 2.05) is 0 Å². The predicted molar refractivity (Wildman–Crippen MR) is 70.9 cm³/mol. The second-order valence-corrected chi connectivity index (χ2v) is 4.92. The SMILES string of the molecule is COCCN(CCCCCS)CC(C)C. The molecule has 92 valence electrons. The van der Waals surface area contributed by atoms with E-state index in [0.29, 0.717) is 0 Å².